The van der Waals surface area contributed by atoms with Gasteiger partial charge in [0.25, 0.3) is 0 Å². The Morgan fingerprint density at radius 1 is 1.33 bits per heavy atom. The molecule has 1 aromatic carbocycles. The van der Waals surface area contributed by atoms with Gasteiger partial charge in [-0.25, -0.2) is 8.78 Å². The van der Waals surface area contributed by atoms with Crippen LogP contribution in [0.5, 0.6) is 0 Å². The highest BCUT2D eigenvalue weighted by molar-refractivity contribution is 5.23. The molecule has 0 aromatic heterocycles. The first-order valence-electron chi connectivity index (χ1n) is 7.60. The molecule has 1 heterocycles. The Kier molecular flexibility index (Phi) is 5.67. The summed E-state index contributed by atoms with van der Waals surface area (Å²) >= 11 is 0. The lowest BCUT2D eigenvalue weighted by Gasteiger charge is -2.40. The Labute approximate surface area is 125 Å². The normalized spacial score (nSPS) is 22.4. The minimum absolute atomic E-state index is 0.193. The van der Waals surface area contributed by atoms with Gasteiger partial charge < -0.3 is 10.2 Å². The lowest BCUT2D eigenvalue weighted by Crippen LogP contribution is -2.52. The molecule has 1 fully saturated rings. The number of nitrogens with one attached hydrogen (secondary N) is 1. The second-order valence-electron chi connectivity index (χ2n) is 5.79. The molecule has 1 saturated heterocycles. The summed E-state index contributed by atoms with van der Waals surface area (Å²) in [6.45, 7) is 5.83. The van der Waals surface area contributed by atoms with Crippen molar-refractivity contribution in [3.05, 3.63) is 35.4 Å². The molecular formula is C16H25F2N3. The molecule has 0 spiro atoms. The van der Waals surface area contributed by atoms with Gasteiger partial charge >= 0.3 is 0 Å². The van der Waals surface area contributed by atoms with E-state index in [1.54, 1.807) is 19.2 Å². The van der Waals surface area contributed by atoms with E-state index in [1.807, 2.05) is 0 Å². The first-order valence-corrected chi connectivity index (χ1v) is 7.60. The maximum Gasteiger partial charge on any atom is 0.163 e. The highest BCUT2D eigenvalue weighted by atomic mass is 19.2. The van der Waals surface area contributed by atoms with Crippen molar-refractivity contribution >= 4 is 0 Å². The van der Waals surface area contributed by atoms with Crippen molar-refractivity contribution in [2.45, 2.75) is 25.4 Å². The number of rotatable bonds is 5. The third kappa shape index (κ3) is 3.78. The average molecular weight is 297 g/mol. The molecule has 0 amide bonds. The van der Waals surface area contributed by atoms with Gasteiger partial charge in [0.1, 0.15) is 0 Å². The average Bonchev–Trinajstić information content (AvgIpc) is 2.49. The van der Waals surface area contributed by atoms with Crippen molar-refractivity contribution in [3.63, 3.8) is 0 Å². The number of likely N-dealkylation sites (N-methyl/N-ethyl adjacent to an activating group) is 2. The Balaban J connectivity index is 2.07. The maximum absolute atomic E-state index is 14.0. The molecule has 2 atom stereocenters. The second kappa shape index (κ2) is 7.29. The third-order valence-electron chi connectivity index (χ3n) is 4.48. The van der Waals surface area contributed by atoms with E-state index in [4.69, 9.17) is 0 Å². The van der Waals surface area contributed by atoms with Gasteiger partial charge in [-0.05, 0) is 26.6 Å². The van der Waals surface area contributed by atoms with Crippen molar-refractivity contribution in [3.8, 4) is 0 Å². The number of piperazine rings is 1. The summed E-state index contributed by atoms with van der Waals surface area (Å²) in [4.78, 5) is 4.70. The molecule has 2 unspecified atom stereocenters. The zero-order valence-electron chi connectivity index (χ0n) is 13.1. The highest BCUT2D eigenvalue weighted by Crippen LogP contribution is 2.21. The molecule has 0 saturated carbocycles. The van der Waals surface area contributed by atoms with Crippen LogP contribution in [-0.4, -0.2) is 56.1 Å². The fourth-order valence-electron chi connectivity index (χ4n) is 3.01. The van der Waals surface area contributed by atoms with E-state index < -0.39 is 11.6 Å². The van der Waals surface area contributed by atoms with Gasteiger partial charge in [0.05, 0.1) is 0 Å². The molecule has 21 heavy (non-hydrogen) atoms. The van der Waals surface area contributed by atoms with Crippen LogP contribution in [-0.2, 0) is 0 Å². The third-order valence-corrected chi connectivity index (χ3v) is 4.48. The van der Waals surface area contributed by atoms with Crippen LogP contribution < -0.4 is 5.32 Å². The smallest absolute Gasteiger partial charge is 0.163 e. The van der Waals surface area contributed by atoms with E-state index in [1.165, 1.54) is 0 Å². The van der Waals surface area contributed by atoms with Crippen molar-refractivity contribution in [1.82, 2.24) is 15.1 Å². The summed E-state index contributed by atoms with van der Waals surface area (Å²) in [5.41, 5.74) is 0.407. The van der Waals surface area contributed by atoms with Crippen molar-refractivity contribution in [2.24, 2.45) is 0 Å². The van der Waals surface area contributed by atoms with E-state index in [-0.39, 0.29) is 6.04 Å². The van der Waals surface area contributed by atoms with Gasteiger partial charge in [-0.2, -0.15) is 0 Å². The Morgan fingerprint density at radius 3 is 2.76 bits per heavy atom. The Bertz CT molecular complexity index is 467. The predicted octanol–water partition coefficient (Wildman–Crippen LogP) is 2.25. The van der Waals surface area contributed by atoms with Crippen molar-refractivity contribution < 1.29 is 8.78 Å². The molecule has 0 radical (unpaired) electrons. The van der Waals surface area contributed by atoms with Gasteiger partial charge in [0.15, 0.2) is 11.6 Å². The Hall–Kier alpha value is -1.04. The molecule has 5 heteroatoms. The van der Waals surface area contributed by atoms with E-state index >= 15 is 0 Å². The van der Waals surface area contributed by atoms with E-state index in [9.17, 15) is 8.78 Å². The Morgan fingerprint density at radius 2 is 2.10 bits per heavy atom. The molecule has 1 N–H and O–H groups in total. The van der Waals surface area contributed by atoms with Crippen LogP contribution in [0.4, 0.5) is 8.78 Å². The van der Waals surface area contributed by atoms with E-state index in [0.29, 0.717) is 18.2 Å². The zero-order chi connectivity index (χ0) is 15.4. The minimum Gasteiger partial charge on any atom is -0.312 e. The molecule has 0 aliphatic carbocycles. The summed E-state index contributed by atoms with van der Waals surface area (Å²) in [6.07, 6.45) is 1.10. The van der Waals surface area contributed by atoms with Crippen LogP contribution in [0.3, 0.4) is 0 Å². The van der Waals surface area contributed by atoms with Crippen LogP contribution >= 0.6 is 0 Å². The van der Waals surface area contributed by atoms with Gasteiger partial charge in [-0.15, -0.1) is 0 Å². The van der Waals surface area contributed by atoms with Crippen LogP contribution in [0.1, 0.15) is 24.9 Å². The van der Waals surface area contributed by atoms with Gasteiger partial charge in [0.2, 0.25) is 0 Å². The fourth-order valence-corrected chi connectivity index (χ4v) is 3.01. The van der Waals surface area contributed by atoms with Crippen LogP contribution in [0.15, 0.2) is 18.2 Å². The van der Waals surface area contributed by atoms with Gasteiger partial charge in [0, 0.05) is 43.8 Å². The molecule has 0 bridgehead atoms. The fraction of sp³-hybridized carbons (Fsp3) is 0.625. The summed E-state index contributed by atoms with van der Waals surface area (Å²) in [6, 6.07) is 4.73. The highest BCUT2D eigenvalue weighted by Gasteiger charge is 2.26. The number of nitrogens with zero attached hydrogens (tertiary/aromatic N) is 2. The lowest BCUT2D eigenvalue weighted by molar-refractivity contribution is 0.0862. The minimum atomic E-state index is -0.780. The van der Waals surface area contributed by atoms with Crippen molar-refractivity contribution in [1.29, 1.82) is 0 Å². The molecule has 1 aromatic rings. The molecular weight excluding hydrogens is 272 g/mol. The molecule has 2 rings (SSSR count). The van der Waals surface area contributed by atoms with Gasteiger partial charge in [-0.1, -0.05) is 19.1 Å². The summed E-state index contributed by atoms with van der Waals surface area (Å²) in [7, 11) is 3.94. The molecule has 118 valence electrons. The maximum atomic E-state index is 14.0. The molecule has 1 aliphatic rings. The molecule has 1 aliphatic heterocycles. The zero-order valence-corrected chi connectivity index (χ0v) is 13.1. The van der Waals surface area contributed by atoms with E-state index in [2.05, 4.69) is 29.1 Å². The van der Waals surface area contributed by atoms with Crippen molar-refractivity contribution in [2.75, 3.05) is 40.3 Å². The molecule has 3 nitrogen and oxygen atoms in total. The predicted molar refractivity (Wildman–Crippen MR) is 81.3 cm³/mol. The second-order valence-corrected chi connectivity index (χ2v) is 5.79. The number of benzene rings is 1. The largest absolute Gasteiger partial charge is 0.312 e. The number of hydrogen-bond acceptors (Lipinski definition) is 3. The van der Waals surface area contributed by atoms with Crippen LogP contribution in [0, 0.1) is 11.6 Å². The summed E-state index contributed by atoms with van der Waals surface area (Å²) < 4.78 is 27.4. The monoisotopic (exact) mass is 297 g/mol. The first-order chi connectivity index (χ1) is 10.1. The number of halogens is 2. The summed E-state index contributed by atoms with van der Waals surface area (Å²) in [5.74, 6) is -1.52. The standard InChI is InChI=1S/C16H25F2N3/c1-4-12-10-21(9-8-20(12)3)11-15(19-2)13-6-5-7-14(17)16(13)18/h5-7,12,15,19H,4,8-11H2,1-3H3. The SMILES string of the molecule is CCC1CN(CC(NC)c2cccc(F)c2F)CCN1C. The van der Waals surface area contributed by atoms with E-state index in [0.717, 1.165) is 32.1 Å². The number of hydrogen-bond donors (Lipinski definition) is 1. The lowest BCUT2D eigenvalue weighted by atomic mass is 10.0. The quantitative estimate of drug-likeness (QED) is 0.899. The first kappa shape index (κ1) is 16.3. The van der Waals surface area contributed by atoms with Crippen LogP contribution in [0.2, 0.25) is 0 Å². The topological polar surface area (TPSA) is 18.5 Å². The summed E-state index contributed by atoms with van der Waals surface area (Å²) in [5, 5.41) is 3.12. The van der Waals surface area contributed by atoms with Crippen LogP contribution in [0.25, 0.3) is 0 Å². The van der Waals surface area contributed by atoms with Gasteiger partial charge in [-0.3, -0.25) is 4.90 Å².